The van der Waals surface area contributed by atoms with Gasteiger partial charge in [-0.25, -0.2) is 4.79 Å². The Labute approximate surface area is 109 Å². The standard InChI is InChI=1S/C15H23NO2/c1-12(2)5-3-4-10-16-11-13-6-8-14(9-7-13)15(17)18/h6-9,12,16H,3-5,10-11H2,1-2H3,(H,17,18). The van der Waals surface area contributed by atoms with Gasteiger partial charge in [0.15, 0.2) is 0 Å². The van der Waals surface area contributed by atoms with Crippen molar-refractivity contribution in [2.75, 3.05) is 6.54 Å². The van der Waals surface area contributed by atoms with E-state index < -0.39 is 5.97 Å². The Hall–Kier alpha value is -1.35. The highest BCUT2D eigenvalue weighted by Gasteiger charge is 2.01. The lowest BCUT2D eigenvalue weighted by Gasteiger charge is -2.06. The number of aromatic carboxylic acids is 1. The maximum Gasteiger partial charge on any atom is 0.335 e. The largest absolute Gasteiger partial charge is 0.478 e. The SMILES string of the molecule is CC(C)CCCCNCc1ccc(C(=O)O)cc1. The maximum absolute atomic E-state index is 10.7. The van der Waals surface area contributed by atoms with E-state index in [2.05, 4.69) is 19.2 Å². The molecule has 0 bridgehead atoms. The molecule has 3 heteroatoms. The summed E-state index contributed by atoms with van der Waals surface area (Å²) in [6, 6.07) is 7.03. The first kappa shape index (κ1) is 14.7. The summed E-state index contributed by atoms with van der Waals surface area (Å²) < 4.78 is 0. The quantitative estimate of drug-likeness (QED) is 0.695. The van der Waals surface area contributed by atoms with Crippen LogP contribution >= 0.6 is 0 Å². The topological polar surface area (TPSA) is 49.3 Å². The van der Waals surface area contributed by atoms with Crippen LogP contribution in [0.3, 0.4) is 0 Å². The van der Waals surface area contributed by atoms with Crippen LogP contribution < -0.4 is 5.32 Å². The van der Waals surface area contributed by atoms with Crippen LogP contribution in [0.2, 0.25) is 0 Å². The summed E-state index contributed by atoms with van der Waals surface area (Å²) in [6.07, 6.45) is 3.75. The first-order chi connectivity index (χ1) is 8.59. The fourth-order valence-corrected chi connectivity index (χ4v) is 1.80. The van der Waals surface area contributed by atoms with Gasteiger partial charge in [-0.1, -0.05) is 38.8 Å². The fourth-order valence-electron chi connectivity index (χ4n) is 1.80. The molecule has 0 aliphatic carbocycles. The van der Waals surface area contributed by atoms with Crippen molar-refractivity contribution in [1.29, 1.82) is 0 Å². The zero-order chi connectivity index (χ0) is 13.4. The van der Waals surface area contributed by atoms with Crippen LogP contribution in [0, 0.1) is 5.92 Å². The van der Waals surface area contributed by atoms with Crippen molar-refractivity contribution >= 4 is 5.97 Å². The van der Waals surface area contributed by atoms with Crippen LogP contribution in [-0.4, -0.2) is 17.6 Å². The van der Waals surface area contributed by atoms with Crippen LogP contribution in [-0.2, 0) is 6.54 Å². The lowest BCUT2D eigenvalue weighted by Crippen LogP contribution is -2.14. The number of carboxylic acid groups (broad SMARTS) is 1. The molecule has 0 aliphatic rings. The van der Waals surface area contributed by atoms with E-state index in [1.54, 1.807) is 12.1 Å². The van der Waals surface area contributed by atoms with E-state index in [1.807, 2.05) is 12.1 Å². The predicted octanol–water partition coefficient (Wildman–Crippen LogP) is 3.30. The Morgan fingerprint density at radius 3 is 2.44 bits per heavy atom. The second-order valence-electron chi connectivity index (χ2n) is 5.07. The van der Waals surface area contributed by atoms with Gasteiger partial charge < -0.3 is 10.4 Å². The van der Waals surface area contributed by atoms with Crippen molar-refractivity contribution in [2.24, 2.45) is 5.92 Å². The highest BCUT2D eigenvalue weighted by atomic mass is 16.4. The molecule has 0 saturated carbocycles. The Morgan fingerprint density at radius 2 is 1.89 bits per heavy atom. The van der Waals surface area contributed by atoms with Crippen molar-refractivity contribution in [3.05, 3.63) is 35.4 Å². The molecule has 0 spiro atoms. The van der Waals surface area contributed by atoms with E-state index in [9.17, 15) is 4.79 Å². The molecule has 18 heavy (non-hydrogen) atoms. The minimum atomic E-state index is -0.872. The molecule has 0 saturated heterocycles. The van der Waals surface area contributed by atoms with Crippen LogP contribution in [0.1, 0.15) is 49.0 Å². The number of carboxylic acids is 1. The van der Waals surface area contributed by atoms with Crippen molar-refractivity contribution in [1.82, 2.24) is 5.32 Å². The average Bonchev–Trinajstić information content (AvgIpc) is 2.34. The van der Waals surface area contributed by atoms with Crippen LogP contribution in [0.15, 0.2) is 24.3 Å². The molecule has 100 valence electrons. The molecule has 0 amide bonds. The second-order valence-corrected chi connectivity index (χ2v) is 5.07. The highest BCUT2D eigenvalue weighted by Crippen LogP contribution is 2.06. The van der Waals surface area contributed by atoms with Crippen LogP contribution in [0.4, 0.5) is 0 Å². The molecule has 0 aliphatic heterocycles. The summed E-state index contributed by atoms with van der Waals surface area (Å²) in [4.78, 5) is 10.7. The van der Waals surface area contributed by atoms with E-state index >= 15 is 0 Å². The molecule has 1 rings (SSSR count). The lowest BCUT2D eigenvalue weighted by molar-refractivity contribution is 0.0697. The summed E-state index contributed by atoms with van der Waals surface area (Å²) in [5.74, 6) is -0.0863. The minimum absolute atomic E-state index is 0.343. The number of rotatable bonds is 8. The number of unbranched alkanes of at least 4 members (excludes halogenated alkanes) is 1. The molecule has 0 heterocycles. The molecule has 3 nitrogen and oxygen atoms in total. The lowest BCUT2D eigenvalue weighted by atomic mass is 10.1. The number of benzene rings is 1. The second kappa shape index (κ2) is 7.88. The molecule has 0 aromatic heterocycles. The van der Waals surface area contributed by atoms with Gasteiger partial charge in [-0.2, -0.15) is 0 Å². The molecule has 0 fully saturated rings. The maximum atomic E-state index is 10.7. The number of hydrogen-bond donors (Lipinski definition) is 2. The fraction of sp³-hybridized carbons (Fsp3) is 0.533. The summed E-state index contributed by atoms with van der Waals surface area (Å²) in [7, 11) is 0. The third kappa shape index (κ3) is 5.82. The van der Waals surface area contributed by atoms with E-state index in [0.29, 0.717) is 5.56 Å². The number of nitrogens with one attached hydrogen (secondary N) is 1. The summed E-state index contributed by atoms with van der Waals surface area (Å²) >= 11 is 0. The van der Waals surface area contributed by atoms with E-state index in [4.69, 9.17) is 5.11 Å². The molecular weight excluding hydrogens is 226 g/mol. The van der Waals surface area contributed by atoms with Crippen LogP contribution in [0.5, 0.6) is 0 Å². The van der Waals surface area contributed by atoms with E-state index in [0.717, 1.165) is 24.6 Å². The molecular formula is C15H23NO2. The van der Waals surface area contributed by atoms with Gasteiger partial charge in [-0.15, -0.1) is 0 Å². The third-order valence-corrected chi connectivity index (χ3v) is 2.92. The van der Waals surface area contributed by atoms with Gasteiger partial charge in [0.2, 0.25) is 0 Å². The van der Waals surface area contributed by atoms with Gasteiger partial charge in [0.05, 0.1) is 5.56 Å². The van der Waals surface area contributed by atoms with Crippen molar-refractivity contribution < 1.29 is 9.90 Å². The molecule has 1 aromatic carbocycles. The first-order valence-corrected chi connectivity index (χ1v) is 6.62. The third-order valence-electron chi connectivity index (χ3n) is 2.92. The summed E-state index contributed by atoms with van der Waals surface area (Å²) in [6.45, 7) is 6.32. The van der Waals surface area contributed by atoms with Gasteiger partial charge in [-0.05, 0) is 36.6 Å². The average molecular weight is 249 g/mol. The number of carbonyl (C=O) groups is 1. The Bertz CT molecular complexity index is 357. The summed E-state index contributed by atoms with van der Waals surface area (Å²) in [5.41, 5.74) is 1.47. The van der Waals surface area contributed by atoms with E-state index in [-0.39, 0.29) is 0 Å². The molecule has 0 atom stereocenters. The Morgan fingerprint density at radius 1 is 1.22 bits per heavy atom. The van der Waals surface area contributed by atoms with E-state index in [1.165, 1.54) is 19.3 Å². The van der Waals surface area contributed by atoms with Crippen molar-refractivity contribution in [3.63, 3.8) is 0 Å². The highest BCUT2D eigenvalue weighted by molar-refractivity contribution is 5.87. The van der Waals surface area contributed by atoms with Gasteiger partial charge in [0, 0.05) is 6.54 Å². The molecule has 0 unspecified atom stereocenters. The Kier molecular flexibility index (Phi) is 6.44. The predicted molar refractivity (Wildman–Crippen MR) is 73.8 cm³/mol. The minimum Gasteiger partial charge on any atom is -0.478 e. The van der Waals surface area contributed by atoms with Gasteiger partial charge in [-0.3, -0.25) is 0 Å². The van der Waals surface area contributed by atoms with Crippen LogP contribution in [0.25, 0.3) is 0 Å². The normalized spacial score (nSPS) is 10.8. The van der Waals surface area contributed by atoms with Gasteiger partial charge >= 0.3 is 5.97 Å². The molecule has 2 N–H and O–H groups in total. The van der Waals surface area contributed by atoms with Gasteiger partial charge in [0.25, 0.3) is 0 Å². The summed E-state index contributed by atoms with van der Waals surface area (Å²) in [5, 5.41) is 12.2. The molecule has 1 aromatic rings. The Balaban J connectivity index is 2.17. The number of hydrogen-bond acceptors (Lipinski definition) is 2. The zero-order valence-electron chi connectivity index (χ0n) is 11.3. The zero-order valence-corrected chi connectivity index (χ0v) is 11.3. The smallest absolute Gasteiger partial charge is 0.335 e. The van der Waals surface area contributed by atoms with Crippen molar-refractivity contribution in [2.45, 2.75) is 39.7 Å². The monoisotopic (exact) mass is 249 g/mol. The van der Waals surface area contributed by atoms with Gasteiger partial charge in [0.1, 0.15) is 0 Å². The first-order valence-electron chi connectivity index (χ1n) is 6.62. The van der Waals surface area contributed by atoms with Crippen molar-refractivity contribution in [3.8, 4) is 0 Å². The molecule has 0 radical (unpaired) electrons.